The second-order valence-electron chi connectivity index (χ2n) is 9.99. The zero-order valence-electron chi connectivity index (χ0n) is 20.8. The standard InChI is InChI=1S/C36H27N/c1-24-22-27(20-21-37-24)26-12-8-13-28(23-26)35-31-15-4-6-17-33(31)36(34-18-7-5-16-32(34)35)30-19-9-11-25-10-2-3-14-29(25)30/h2-23,31,33H,1H3. The van der Waals surface area contributed by atoms with Gasteiger partial charge in [0.25, 0.3) is 0 Å². The van der Waals surface area contributed by atoms with Crippen LogP contribution in [-0.2, 0) is 0 Å². The van der Waals surface area contributed by atoms with Crippen LogP contribution in [0.2, 0.25) is 0 Å². The average molecular weight is 474 g/mol. The van der Waals surface area contributed by atoms with Crippen molar-refractivity contribution >= 4 is 21.9 Å². The zero-order chi connectivity index (χ0) is 24.8. The summed E-state index contributed by atoms with van der Waals surface area (Å²) >= 11 is 0. The Balaban J connectivity index is 1.55. The monoisotopic (exact) mass is 473 g/mol. The third kappa shape index (κ3) is 3.67. The maximum Gasteiger partial charge on any atom is 0.0378 e. The Labute approximate surface area is 217 Å². The molecule has 1 nitrogen and oxygen atoms in total. The van der Waals surface area contributed by atoms with Gasteiger partial charge in [0.1, 0.15) is 0 Å². The lowest BCUT2D eigenvalue weighted by Crippen LogP contribution is -2.40. The van der Waals surface area contributed by atoms with Crippen molar-refractivity contribution < 1.29 is 0 Å². The molecule has 2 atom stereocenters. The number of hydrogen-bond acceptors (Lipinski definition) is 1. The molecule has 4 aromatic carbocycles. The van der Waals surface area contributed by atoms with Crippen molar-refractivity contribution in [2.75, 3.05) is 0 Å². The normalized spacial score (nSPS) is 18.1. The minimum atomic E-state index is 0.267. The Morgan fingerprint density at radius 1 is 0.568 bits per heavy atom. The highest BCUT2D eigenvalue weighted by Crippen LogP contribution is 2.42. The second kappa shape index (κ2) is 8.87. The van der Waals surface area contributed by atoms with Crippen LogP contribution in [0.5, 0.6) is 0 Å². The molecule has 1 aromatic heterocycles. The Morgan fingerprint density at radius 2 is 1.22 bits per heavy atom. The molecular formula is C36H27N. The first-order valence-corrected chi connectivity index (χ1v) is 13.0. The third-order valence-corrected chi connectivity index (χ3v) is 7.79. The first-order valence-electron chi connectivity index (χ1n) is 13.0. The summed E-state index contributed by atoms with van der Waals surface area (Å²) in [6, 6.07) is 37.7. The van der Waals surface area contributed by atoms with Crippen molar-refractivity contribution in [3.8, 4) is 11.1 Å². The van der Waals surface area contributed by atoms with Crippen LogP contribution < -0.4 is 10.4 Å². The molecule has 2 unspecified atom stereocenters. The first kappa shape index (κ1) is 21.8. The van der Waals surface area contributed by atoms with Crippen LogP contribution >= 0.6 is 0 Å². The van der Waals surface area contributed by atoms with Crippen LogP contribution in [-0.4, -0.2) is 4.98 Å². The molecule has 0 fully saturated rings. The lowest BCUT2D eigenvalue weighted by molar-refractivity contribution is 0.687. The van der Waals surface area contributed by atoms with Crippen LogP contribution in [0.25, 0.3) is 33.0 Å². The predicted octanol–water partition coefficient (Wildman–Crippen LogP) is 6.98. The molecule has 0 saturated carbocycles. The molecule has 37 heavy (non-hydrogen) atoms. The fraction of sp³-hybridized carbons (Fsp3) is 0.0833. The van der Waals surface area contributed by atoms with E-state index in [-0.39, 0.29) is 11.8 Å². The van der Waals surface area contributed by atoms with Gasteiger partial charge >= 0.3 is 0 Å². The molecule has 0 amide bonds. The maximum absolute atomic E-state index is 4.40. The molecule has 0 spiro atoms. The molecule has 0 saturated heterocycles. The number of benzene rings is 4. The number of aryl methyl sites for hydroxylation is 1. The summed E-state index contributed by atoms with van der Waals surface area (Å²) in [5.41, 5.74) is 8.90. The zero-order valence-corrected chi connectivity index (χ0v) is 20.8. The molecule has 1 heterocycles. The van der Waals surface area contributed by atoms with Gasteiger partial charge in [-0.25, -0.2) is 0 Å². The molecule has 0 bridgehead atoms. The minimum absolute atomic E-state index is 0.267. The maximum atomic E-state index is 4.40. The van der Waals surface area contributed by atoms with Gasteiger partial charge in [0.15, 0.2) is 0 Å². The molecule has 5 aromatic rings. The van der Waals surface area contributed by atoms with Crippen LogP contribution in [0.4, 0.5) is 0 Å². The van der Waals surface area contributed by atoms with Gasteiger partial charge in [0.05, 0.1) is 0 Å². The van der Waals surface area contributed by atoms with Crippen molar-refractivity contribution in [1.29, 1.82) is 0 Å². The second-order valence-corrected chi connectivity index (χ2v) is 9.99. The van der Waals surface area contributed by atoms with Crippen molar-refractivity contribution in [1.82, 2.24) is 4.98 Å². The number of fused-ring (bicyclic) bond motifs is 3. The largest absolute Gasteiger partial charge is 0.262 e. The van der Waals surface area contributed by atoms with Crippen LogP contribution in [0.3, 0.4) is 0 Å². The van der Waals surface area contributed by atoms with E-state index in [0.29, 0.717) is 0 Å². The van der Waals surface area contributed by atoms with E-state index in [9.17, 15) is 0 Å². The van der Waals surface area contributed by atoms with E-state index in [2.05, 4.69) is 132 Å². The summed E-state index contributed by atoms with van der Waals surface area (Å²) in [7, 11) is 0. The molecule has 0 radical (unpaired) electrons. The first-order chi connectivity index (χ1) is 18.3. The predicted molar refractivity (Wildman–Crippen MR) is 154 cm³/mol. The molecular weight excluding hydrogens is 446 g/mol. The van der Waals surface area contributed by atoms with Crippen LogP contribution in [0, 0.1) is 18.8 Å². The molecule has 7 rings (SSSR count). The van der Waals surface area contributed by atoms with E-state index in [0.717, 1.165) is 5.69 Å². The van der Waals surface area contributed by atoms with E-state index in [4.69, 9.17) is 0 Å². The summed E-state index contributed by atoms with van der Waals surface area (Å²) in [4.78, 5) is 4.40. The molecule has 0 N–H and O–H groups in total. The van der Waals surface area contributed by atoms with E-state index in [1.165, 1.54) is 54.6 Å². The molecule has 176 valence electrons. The molecule has 2 aliphatic rings. The lowest BCUT2D eigenvalue weighted by Gasteiger charge is -2.34. The number of pyridine rings is 1. The number of hydrogen-bond donors (Lipinski definition) is 0. The highest BCUT2D eigenvalue weighted by atomic mass is 14.6. The molecule has 1 heteroatoms. The Hall–Kier alpha value is -4.49. The minimum Gasteiger partial charge on any atom is -0.262 e. The van der Waals surface area contributed by atoms with E-state index in [1.54, 1.807) is 0 Å². The van der Waals surface area contributed by atoms with Gasteiger partial charge in [-0.05, 0) is 79.7 Å². The number of allylic oxidation sites excluding steroid dienone is 4. The summed E-state index contributed by atoms with van der Waals surface area (Å²) in [5.74, 6) is 0.538. The highest BCUT2D eigenvalue weighted by molar-refractivity contribution is 5.96. The van der Waals surface area contributed by atoms with Gasteiger partial charge in [0.2, 0.25) is 0 Å². The third-order valence-electron chi connectivity index (χ3n) is 7.79. The van der Waals surface area contributed by atoms with Crippen LogP contribution in [0.15, 0.2) is 134 Å². The Morgan fingerprint density at radius 3 is 2.05 bits per heavy atom. The number of nitrogens with zero attached hydrogens (tertiary/aromatic N) is 1. The number of aromatic nitrogens is 1. The number of rotatable bonds is 3. The van der Waals surface area contributed by atoms with Crippen molar-refractivity contribution in [3.63, 3.8) is 0 Å². The van der Waals surface area contributed by atoms with E-state index in [1.807, 2.05) is 13.1 Å². The van der Waals surface area contributed by atoms with Gasteiger partial charge in [-0.3, -0.25) is 4.98 Å². The summed E-state index contributed by atoms with van der Waals surface area (Å²) in [6.07, 6.45) is 11.1. The van der Waals surface area contributed by atoms with Gasteiger partial charge in [-0.2, -0.15) is 0 Å². The summed E-state index contributed by atoms with van der Waals surface area (Å²) in [6.45, 7) is 2.05. The molecule has 2 aliphatic carbocycles. The lowest BCUT2D eigenvalue weighted by atomic mass is 9.69. The van der Waals surface area contributed by atoms with Gasteiger partial charge in [0, 0.05) is 23.7 Å². The van der Waals surface area contributed by atoms with Crippen molar-refractivity contribution in [2.45, 2.75) is 6.92 Å². The van der Waals surface area contributed by atoms with Crippen molar-refractivity contribution in [3.05, 3.63) is 161 Å². The summed E-state index contributed by atoms with van der Waals surface area (Å²) in [5, 5.41) is 5.26. The van der Waals surface area contributed by atoms with Gasteiger partial charge in [-0.1, -0.05) is 109 Å². The summed E-state index contributed by atoms with van der Waals surface area (Å²) < 4.78 is 0. The van der Waals surface area contributed by atoms with E-state index >= 15 is 0 Å². The van der Waals surface area contributed by atoms with Gasteiger partial charge in [-0.15, -0.1) is 0 Å². The Kier molecular flexibility index (Phi) is 5.22. The molecule has 0 aliphatic heterocycles. The fourth-order valence-corrected chi connectivity index (χ4v) is 6.19. The Bertz CT molecular complexity index is 1850. The van der Waals surface area contributed by atoms with Gasteiger partial charge < -0.3 is 0 Å². The fourth-order valence-electron chi connectivity index (χ4n) is 6.19. The smallest absolute Gasteiger partial charge is 0.0378 e. The highest BCUT2D eigenvalue weighted by Gasteiger charge is 2.32. The van der Waals surface area contributed by atoms with Crippen LogP contribution in [0.1, 0.15) is 16.8 Å². The quantitative estimate of drug-likeness (QED) is 0.275. The average Bonchev–Trinajstić information content (AvgIpc) is 2.96. The SMILES string of the molecule is Cc1cc(-c2cccc(C3=c4ccccc4=C(c4cccc5ccccc45)C4C=CC=CC34)c2)ccn1. The van der Waals surface area contributed by atoms with Crippen molar-refractivity contribution in [2.24, 2.45) is 11.8 Å². The topological polar surface area (TPSA) is 12.9 Å². The van der Waals surface area contributed by atoms with E-state index < -0.39 is 0 Å².